The Morgan fingerprint density at radius 3 is 2.58 bits per heavy atom. The zero-order chi connectivity index (χ0) is 14.4. The summed E-state index contributed by atoms with van der Waals surface area (Å²) in [5.74, 6) is -1.08. The molecule has 0 unspecified atom stereocenters. The van der Waals surface area contributed by atoms with Gasteiger partial charge in [0, 0.05) is 6.54 Å². The highest BCUT2D eigenvalue weighted by Crippen LogP contribution is 2.11. The molecule has 0 bridgehead atoms. The van der Waals surface area contributed by atoms with E-state index in [1.807, 2.05) is 13.8 Å². The van der Waals surface area contributed by atoms with Crippen LogP contribution in [0.1, 0.15) is 29.8 Å². The molecule has 0 atom stereocenters. The van der Waals surface area contributed by atoms with Gasteiger partial charge in [0.1, 0.15) is 5.82 Å². The first-order valence-electron chi connectivity index (χ1n) is 6.21. The van der Waals surface area contributed by atoms with E-state index >= 15 is 0 Å². The third-order valence-electron chi connectivity index (χ3n) is 2.55. The quantitative estimate of drug-likeness (QED) is 0.851. The largest absolute Gasteiger partial charge is 0.354 e. The van der Waals surface area contributed by atoms with Crippen LogP contribution < -0.4 is 10.6 Å². The maximum atomic E-state index is 13.7. The molecule has 1 aromatic rings. The second-order valence-corrected chi connectivity index (χ2v) is 4.82. The van der Waals surface area contributed by atoms with Gasteiger partial charge in [-0.2, -0.15) is 0 Å². The normalized spacial score (nSPS) is 10.4. The zero-order valence-corrected chi connectivity index (χ0v) is 11.4. The Balaban J connectivity index is 2.52. The van der Waals surface area contributed by atoms with Crippen molar-refractivity contribution in [3.8, 4) is 0 Å². The van der Waals surface area contributed by atoms with Crippen molar-refractivity contribution in [3.05, 3.63) is 35.1 Å². The average Bonchev–Trinajstić information content (AvgIpc) is 2.36. The van der Waals surface area contributed by atoms with Crippen LogP contribution in [0.2, 0.25) is 0 Å². The van der Waals surface area contributed by atoms with E-state index in [9.17, 15) is 14.0 Å². The first-order valence-corrected chi connectivity index (χ1v) is 6.21. The van der Waals surface area contributed by atoms with Gasteiger partial charge < -0.3 is 10.6 Å². The predicted molar refractivity (Wildman–Crippen MR) is 71.3 cm³/mol. The standard InChI is InChI=1S/C14H19FN2O2/c1-9(2)7-16-12(18)8-17-14(19)11-6-4-5-10(3)13(11)15/h4-6,9H,7-8H2,1-3H3,(H,16,18)(H,17,19). The van der Waals surface area contributed by atoms with E-state index in [1.54, 1.807) is 19.1 Å². The fourth-order valence-corrected chi connectivity index (χ4v) is 1.46. The lowest BCUT2D eigenvalue weighted by atomic mass is 10.1. The molecule has 104 valence electrons. The summed E-state index contributed by atoms with van der Waals surface area (Å²) < 4.78 is 13.7. The lowest BCUT2D eigenvalue weighted by molar-refractivity contribution is -0.120. The van der Waals surface area contributed by atoms with Gasteiger partial charge in [-0.15, -0.1) is 0 Å². The first kappa shape index (κ1) is 15.1. The molecule has 0 heterocycles. The molecule has 0 saturated carbocycles. The maximum absolute atomic E-state index is 13.7. The van der Waals surface area contributed by atoms with Gasteiger partial charge in [-0.1, -0.05) is 26.0 Å². The lowest BCUT2D eigenvalue weighted by Crippen LogP contribution is -2.38. The van der Waals surface area contributed by atoms with Crippen molar-refractivity contribution in [1.29, 1.82) is 0 Å². The van der Waals surface area contributed by atoms with Crippen LogP contribution in [0.3, 0.4) is 0 Å². The Bertz CT molecular complexity index is 473. The van der Waals surface area contributed by atoms with Crippen LogP contribution in [-0.2, 0) is 4.79 Å². The van der Waals surface area contributed by atoms with E-state index in [4.69, 9.17) is 0 Å². The van der Waals surface area contributed by atoms with Gasteiger partial charge in [-0.05, 0) is 24.5 Å². The Kier molecular flexibility index (Phi) is 5.48. The van der Waals surface area contributed by atoms with Gasteiger partial charge in [-0.25, -0.2) is 4.39 Å². The van der Waals surface area contributed by atoms with Gasteiger partial charge in [0.15, 0.2) is 0 Å². The van der Waals surface area contributed by atoms with Crippen LogP contribution in [0, 0.1) is 18.7 Å². The minimum absolute atomic E-state index is 0.0448. The number of carbonyl (C=O) groups is 2. The SMILES string of the molecule is Cc1cccc(C(=O)NCC(=O)NCC(C)C)c1F. The van der Waals surface area contributed by atoms with Gasteiger partial charge in [0.05, 0.1) is 12.1 Å². The molecule has 1 aromatic carbocycles. The Labute approximate surface area is 112 Å². The molecule has 4 nitrogen and oxygen atoms in total. The third-order valence-corrected chi connectivity index (χ3v) is 2.55. The van der Waals surface area contributed by atoms with Crippen LogP contribution in [0.5, 0.6) is 0 Å². The van der Waals surface area contributed by atoms with Gasteiger partial charge >= 0.3 is 0 Å². The summed E-state index contributed by atoms with van der Waals surface area (Å²) in [5, 5.41) is 5.07. The molecule has 0 saturated heterocycles. The molecule has 2 N–H and O–H groups in total. The van der Waals surface area contributed by atoms with Crippen molar-refractivity contribution in [2.24, 2.45) is 5.92 Å². The second kappa shape index (κ2) is 6.87. The van der Waals surface area contributed by atoms with E-state index in [1.165, 1.54) is 6.07 Å². The summed E-state index contributed by atoms with van der Waals surface area (Å²) in [7, 11) is 0. The van der Waals surface area contributed by atoms with Gasteiger partial charge in [0.25, 0.3) is 5.91 Å². The fraction of sp³-hybridized carbons (Fsp3) is 0.429. The molecule has 1 rings (SSSR count). The number of amides is 2. The molecule has 0 aliphatic heterocycles. The molecule has 5 heteroatoms. The number of hydrogen-bond acceptors (Lipinski definition) is 2. The molecule has 0 fully saturated rings. The van der Waals surface area contributed by atoms with Crippen molar-refractivity contribution in [2.45, 2.75) is 20.8 Å². The number of hydrogen-bond donors (Lipinski definition) is 2. The molecule has 2 amide bonds. The highest BCUT2D eigenvalue weighted by Gasteiger charge is 2.13. The highest BCUT2D eigenvalue weighted by molar-refractivity contribution is 5.96. The van der Waals surface area contributed by atoms with Crippen molar-refractivity contribution in [2.75, 3.05) is 13.1 Å². The van der Waals surface area contributed by atoms with E-state index in [0.29, 0.717) is 18.0 Å². The van der Waals surface area contributed by atoms with Crippen LogP contribution in [0.25, 0.3) is 0 Å². The minimum atomic E-state index is -0.583. The molecule has 0 aliphatic carbocycles. The van der Waals surface area contributed by atoms with E-state index < -0.39 is 11.7 Å². The van der Waals surface area contributed by atoms with Crippen molar-refractivity contribution in [3.63, 3.8) is 0 Å². The second-order valence-electron chi connectivity index (χ2n) is 4.82. The number of aryl methyl sites for hydroxylation is 1. The average molecular weight is 266 g/mol. The molecule has 0 spiro atoms. The van der Waals surface area contributed by atoms with Crippen LogP contribution in [0.15, 0.2) is 18.2 Å². The number of carbonyl (C=O) groups excluding carboxylic acids is 2. The maximum Gasteiger partial charge on any atom is 0.254 e. The van der Waals surface area contributed by atoms with Gasteiger partial charge in [0.2, 0.25) is 5.91 Å². The van der Waals surface area contributed by atoms with Crippen molar-refractivity contribution >= 4 is 11.8 Å². The lowest BCUT2D eigenvalue weighted by Gasteiger charge is -2.09. The van der Waals surface area contributed by atoms with Gasteiger partial charge in [-0.3, -0.25) is 9.59 Å². The van der Waals surface area contributed by atoms with Crippen molar-refractivity contribution < 1.29 is 14.0 Å². The summed E-state index contributed by atoms with van der Waals surface area (Å²) >= 11 is 0. The van der Waals surface area contributed by atoms with E-state index in [-0.39, 0.29) is 18.0 Å². The Morgan fingerprint density at radius 2 is 1.95 bits per heavy atom. The Hall–Kier alpha value is -1.91. The highest BCUT2D eigenvalue weighted by atomic mass is 19.1. The summed E-state index contributed by atoms with van der Waals surface area (Å²) in [6, 6.07) is 4.58. The summed E-state index contributed by atoms with van der Waals surface area (Å²) in [4.78, 5) is 23.1. The van der Waals surface area contributed by atoms with E-state index in [2.05, 4.69) is 10.6 Å². The predicted octanol–water partition coefficient (Wildman–Crippen LogP) is 1.64. The topological polar surface area (TPSA) is 58.2 Å². The van der Waals surface area contributed by atoms with Crippen molar-refractivity contribution in [1.82, 2.24) is 10.6 Å². The monoisotopic (exact) mass is 266 g/mol. The third kappa shape index (κ3) is 4.69. The smallest absolute Gasteiger partial charge is 0.254 e. The zero-order valence-electron chi connectivity index (χ0n) is 11.4. The number of nitrogens with one attached hydrogen (secondary N) is 2. The fourth-order valence-electron chi connectivity index (χ4n) is 1.46. The van der Waals surface area contributed by atoms with Crippen LogP contribution >= 0.6 is 0 Å². The molecular weight excluding hydrogens is 247 g/mol. The Morgan fingerprint density at radius 1 is 1.26 bits per heavy atom. The number of rotatable bonds is 5. The van der Waals surface area contributed by atoms with E-state index in [0.717, 1.165) is 0 Å². The first-order chi connectivity index (χ1) is 8.91. The van der Waals surface area contributed by atoms with Crippen LogP contribution in [0.4, 0.5) is 4.39 Å². The molecular formula is C14H19FN2O2. The molecule has 0 radical (unpaired) electrons. The summed E-state index contributed by atoms with van der Waals surface area (Å²) in [5.41, 5.74) is 0.355. The summed E-state index contributed by atoms with van der Waals surface area (Å²) in [6.07, 6.45) is 0. The molecule has 0 aliphatic rings. The minimum Gasteiger partial charge on any atom is -0.354 e. The number of benzene rings is 1. The molecule has 19 heavy (non-hydrogen) atoms. The molecule has 0 aromatic heterocycles. The summed E-state index contributed by atoms with van der Waals surface area (Å²) in [6.45, 7) is 5.93. The number of halogens is 1. The van der Waals surface area contributed by atoms with Crippen LogP contribution in [-0.4, -0.2) is 24.9 Å².